The van der Waals surface area contributed by atoms with Crippen molar-refractivity contribution in [3.8, 4) is 5.75 Å². The van der Waals surface area contributed by atoms with Crippen LogP contribution in [0.2, 0.25) is 0 Å². The van der Waals surface area contributed by atoms with Crippen molar-refractivity contribution in [2.45, 2.75) is 44.6 Å². The zero-order valence-corrected chi connectivity index (χ0v) is 16.7. The molecule has 6 heteroatoms. The van der Waals surface area contributed by atoms with E-state index in [-0.39, 0.29) is 11.8 Å². The van der Waals surface area contributed by atoms with Gasteiger partial charge >= 0.3 is 0 Å². The molecule has 2 aromatic carbocycles. The Morgan fingerprint density at radius 3 is 2.66 bits per heavy atom. The van der Waals surface area contributed by atoms with Crippen LogP contribution in [0, 0.1) is 0 Å². The largest absolute Gasteiger partial charge is 0.490 e. The van der Waals surface area contributed by atoms with Gasteiger partial charge in [0.1, 0.15) is 5.75 Å². The Hall–Kier alpha value is -2.86. The number of benzene rings is 2. The van der Waals surface area contributed by atoms with Crippen molar-refractivity contribution >= 4 is 17.5 Å². The van der Waals surface area contributed by atoms with E-state index in [0.717, 1.165) is 24.2 Å². The van der Waals surface area contributed by atoms with Gasteiger partial charge in [0.2, 0.25) is 5.91 Å². The standard InChI is InChI=1S/C23H29N3O3/c24-14-15-25-23(28)20-10-3-4-11-21(20)26-22(27)13-12-17-6-5-9-19(16-17)29-18-7-1-2-8-18/h3-6,9-11,16,18H,1-2,7-8,12-15,24H2,(H,25,28)(H,26,27). The number of para-hydroxylation sites is 1. The van der Waals surface area contributed by atoms with Gasteiger partial charge in [-0.2, -0.15) is 0 Å². The third-order valence-corrected chi connectivity index (χ3v) is 5.02. The van der Waals surface area contributed by atoms with Crippen LogP contribution in [0.3, 0.4) is 0 Å². The molecule has 0 bridgehead atoms. The van der Waals surface area contributed by atoms with Crippen LogP contribution >= 0.6 is 0 Å². The summed E-state index contributed by atoms with van der Waals surface area (Å²) in [5.74, 6) is 0.492. The lowest BCUT2D eigenvalue weighted by Crippen LogP contribution is -2.30. The fourth-order valence-corrected chi connectivity index (χ4v) is 3.51. The van der Waals surface area contributed by atoms with Crippen molar-refractivity contribution in [2.24, 2.45) is 5.73 Å². The van der Waals surface area contributed by atoms with Crippen LogP contribution in [-0.2, 0) is 11.2 Å². The lowest BCUT2D eigenvalue weighted by atomic mass is 10.1. The molecule has 0 saturated heterocycles. The van der Waals surface area contributed by atoms with Crippen molar-refractivity contribution in [1.82, 2.24) is 5.32 Å². The quantitative estimate of drug-likeness (QED) is 0.607. The van der Waals surface area contributed by atoms with E-state index in [2.05, 4.69) is 10.6 Å². The lowest BCUT2D eigenvalue weighted by molar-refractivity contribution is -0.116. The molecular weight excluding hydrogens is 366 g/mol. The van der Waals surface area contributed by atoms with E-state index in [1.165, 1.54) is 12.8 Å². The van der Waals surface area contributed by atoms with Crippen molar-refractivity contribution < 1.29 is 14.3 Å². The van der Waals surface area contributed by atoms with Crippen LogP contribution in [-0.4, -0.2) is 31.0 Å². The average Bonchev–Trinajstić information content (AvgIpc) is 3.24. The molecule has 0 atom stereocenters. The fraction of sp³-hybridized carbons (Fsp3) is 0.391. The molecule has 1 saturated carbocycles. The molecule has 1 aliphatic carbocycles. The number of anilines is 1. The van der Waals surface area contributed by atoms with Crippen LogP contribution in [0.1, 0.15) is 48.0 Å². The van der Waals surface area contributed by atoms with Gasteiger partial charge in [-0.3, -0.25) is 9.59 Å². The van der Waals surface area contributed by atoms with Gasteiger partial charge in [-0.25, -0.2) is 0 Å². The third kappa shape index (κ3) is 6.32. The second-order valence-electron chi connectivity index (χ2n) is 7.31. The van der Waals surface area contributed by atoms with Gasteiger partial charge in [-0.15, -0.1) is 0 Å². The Labute approximate surface area is 171 Å². The summed E-state index contributed by atoms with van der Waals surface area (Å²) in [7, 11) is 0. The summed E-state index contributed by atoms with van der Waals surface area (Å²) in [5.41, 5.74) is 7.43. The minimum absolute atomic E-state index is 0.133. The molecule has 0 aliphatic heterocycles. The van der Waals surface area contributed by atoms with Crippen molar-refractivity contribution in [3.05, 3.63) is 59.7 Å². The van der Waals surface area contributed by atoms with Crippen LogP contribution in [0.5, 0.6) is 5.75 Å². The van der Waals surface area contributed by atoms with Gasteiger partial charge in [0.25, 0.3) is 5.91 Å². The maximum atomic E-state index is 12.4. The monoisotopic (exact) mass is 395 g/mol. The highest BCUT2D eigenvalue weighted by molar-refractivity contribution is 6.03. The Balaban J connectivity index is 1.54. The molecule has 6 nitrogen and oxygen atoms in total. The van der Waals surface area contributed by atoms with Gasteiger partial charge in [0.05, 0.1) is 17.4 Å². The smallest absolute Gasteiger partial charge is 0.253 e. The second-order valence-corrected chi connectivity index (χ2v) is 7.31. The molecular formula is C23H29N3O3. The molecule has 0 spiro atoms. The number of hydrogen-bond donors (Lipinski definition) is 3. The van der Waals surface area contributed by atoms with E-state index >= 15 is 0 Å². The molecule has 0 unspecified atom stereocenters. The van der Waals surface area contributed by atoms with Crippen LogP contribution in [0.4, 0.5) is 5.69 Å². The van der Waals surface area contributed by atoms with Gasteiger partial charge in [-0.05, 0) is 61.9 Å². The van der Waals surface area contributed by atoms with E-state index in [0.29, 0.717) is 43.3 Å². The molecule has 0 heterocycles. The molecule has 2 amide bonds. The first-order chi connectivity index (χ1) is 14.2. The summed E-state index contributed by atoms with van der Waals surface area (Å²) >= 11 is 0. The Bertz CT molecular complexity index is 832. The van der Waals surface area contributed by atoms with Crippen LogP contribution < -0.4 is 21.1 Å². The first-order valence-electron chi connectivity index (χ1n) is 10.3. The number of carbonyl (C=O) groups excluding carboxylic acids is 2. The van der Waals surface area contributed by atoms with Gasteiger partial charge in [-0.1, -0.05) is 24.3 Å². The van der Waals surface area contributed by atoms with E-state index < -0.39 is 0 Å². The summed E-state index contributed by atoms with van der Waals surface area (Å²) in [5, 5.41) is 5.58. The summed E-state index contributed by atoms with van der Waals surface area (Å²) in [6, 6.07) is 14.9. The summed E-state index contributed by atoms with van der Waals surface area (Å²) in [6.45, 7) is 0.754. The first kappa shape index (κ1) is 20.9. The summed E-state index contributed by atoms with van der Waals surface area (Å²) < 4.78 is 6.04. The molecule has 4 N–H and O–H groups in total. The number of aryl methyl sites for hydroxylation is 1. The van der Waals surface area contributed by atoms with Crippen LogP contribution in [0.25, 0.3) is 0 Å². The lowest BCUT2D eigenvalue weighted by Gasteiger charge is -2.14. The zero-order chi connectivity index (χ0) is 20.5. The minimum atomic E-state index is -0.247. The highest BCUT2D eigenvalue weighted by Gasteiger charge is 2.17. The average molecular weight is 396 g/mol. The number of rotatable bonds is 9. The fourth-order valence-electron chi connectivity index (χ4n) is 3.51. The van der Waals surface area contributed by atoms with Crippen LogP contribution in [0.15, 0.2) is 48.5 Å². The predicted molar refractivity (Wildman–Crippen MR) is 114 cm³/mol. The molecule has 3 rings (SSSR count). The highest BCUT2D eigenvalue weighted by Crippen LogP contribution is 2.25. The number of hydrogen-bond acceptors (Lipinski definition) is 4. The molecule has 29 heavy (non-hydrogen) atoms. The molecule has 1 aliphatic rings. The molecule has 1 fully saturated rings. The number of nitrogens with one attached hydrogen (secondary N) is 2. The van der Waals surface area contributed by atoms with E-state index in [1.54, 1.807) is 24.3 Å². The third-order valence-electron chi connectivity index (χ3n) is 5.02. The highest BCUT2D eigenvalue weighted by atomic mass is 16.5. The zero-order valence-electron chi connectivity index (χ0n) is 16.7. The summed E-state index contributed by atoms with van der Waals surface area (Å²) in [4.78, 5) is 24.7. The number of carbonyl (C=O) groups is 2. The van der Waals surface area contributed by atoms with Crippen molar-refractivity contribution in [3.63, 3.8) is 0 Å². The summed E-state index contributed by atoms with van der Waals surface area (Å²) in [6.07, 6.45) is 5.94. The Morgan fingerprint density at radius 2 is 1.86 bits per heavy atom. The van der Waals surface area contributed by atoms with E-state index in [1.807, 2.05) is 24.3 Å². The predicted octanol–water partition coefficient (Wildman–Crippen LogP) is 3.27. The first-order valence-corrected chi connectivity index (χ1v) is 10.3. The maximum Gasteiger partial charge on any atom is 0.253 e. The van der Waals surface area contributed by atoms with Gasteiger partial charge in [0.15, 0.2) is 0 Å². The van der Waals surface area contributed by atoms with Crippen molar-refractivity contribution in [1.29, 1.82) is 0 Å². The normalized spacial score (nSPS) is 13.8. The Morgan fingerprint density at radius 1 is 1.07 bits per heavy atom. The second kappa shape index (κ2) is 10.6. The van der Waals surface area contributed by atoms with Gasteiger partial charge in [0, 0.05) is 19.5 Å². The number of nitrogens with two attached hydrogens (primary N) is 1. The molecule has 0 aromatic heterocycles. The molecule has 2 aromatic rings. The SMILES string of the molecule is NCCNC(=O)c1ccccc1NC(=O)CCc1cccc(OC2CCCC2)c1. The number of ether oxygens (including phenoxy) is 1. The maximum absolute atomic E-state index is 12.4. The van der Waals surface area contributed by atoms with E-state index in [4.69, 9.17) is 10.5 Å². The van der Waals surface area contributed by atoms with E-state index in [9.17, 15) is 9.59 Å². The number of amides is 2. The molecule has 0 radical (unpaired) electrons. The minimum Gasteiger partial charge on any atom is -0.490 e. The van der Waals surface area contributed by atoms with Gasteiger partial charge < -0.3 is 21.1 Å². The molecule has 154 valence electrons. The topological polar surface area (TPSA) is 93.5 Å². The Kier molecular flexibility index (Phi) is 7.64. The van der Waals surface area contributed by atoms with Crippen molar-refractivity contribution in [2.75, 3.05) is 18.4 Å².